The fraction of sp³-hybridized carbons (Fsp3) is 0.471. The standard InChI is InChI=1S/C17H18ClF4N3O3S/c1-5-28-17(27)9-6(2)8(4)29-16(9)23-15(26)7(3)25-12(14(21)22)10(18)11(24-25)13(19)20/h7,13-14H,5H2,1-4H3,(H,23,26). The van der Waals surface area contributed by atoms with E-state index in [1.54, 1.807) is 20.8 Å². The normalized spacial score (nSPS) is 12.5. The molecule has 0 saturated carbocycles. The van der Waals surface area contributed by atoms with E-state index >= 15 is 0 Å². The van der Waals surface area contributed by atoms with Crippen LogP contribution in [0, 0.1) is 13.8 Å². The van der Waals surface area contributed by atoms with Gasteiger partial charge in [0.05, 0.1) is 17.2 Å². The van der Waals surface area contributed by atoms with Gasteiger partial charge in [0.25, 0.3) is 12.9 Å². The highest BCUT2D eigenvalue weighted by Gasteiger charge is 2.32. The number of carbonyl (C=O) groups excluding carboxylic acids is 2. The maximum atomic E-state index is 13.3. The quantitative estimate of drug-likeness (QED) is 0.444. The lowest BCUT2D eigenvalue weighted by Gasteiger charge is -2.15. The summed E-state index contributed by atoms with van der Waals surface area (Å²) in [6.07, 6.45) is -6.41. The third-order valence-corrected chi connectivity index (χ3v) is 5.68. The molecule has 2 aromatic heterocycles. The van der Waals surface area contributed by atoms with Crippen molar-refractivity contribution in [1.82, 2.24) is 9.78 Å². The Labute approximate surface area is 172 Å². The minimum Gasteiger partial charge on any atom is -0.462 e. The summed E-state index contributed by atoms with van der Waals surface area (Å²) >= 11 is 6.72. The number of hydrogen-bond acceptors (Lipinski definition) is 5. The number of halogens is 5. The number of aromatic nitrogens is 2. The molecule has 1 atom stereocenters. The molecule has 1 N–H and O–H groups in total. The molecular weight excluding hydrogens is 438 g/mol. The summed E-state index contributed by atoms with van der Waals surface area (Å²) in [5, 5.41) is 5.17. The Balaban J connectivity index is 2.39. The van der Waals surface area contributed by atoms with E-state index < -0.39 is 47.2 Å². The van der Waals surface area contributed by atoms with Crippen LogP contribution in [0.15, 0.2) is 0 Å². The highest BCUT2D eigenvalue weighted by molar-refractivity contribution is 7.16. The van der Waals surface area contributed by atoms with Gasteiger partial charge in [-0.05, 0) is 33.3 Å². The Hall–Kier alpha value is -2.14. The van der Waals surface area contributed by atoms with Crippen LogP contribution in [0.5, 0.6) is 0 Å². The first-order valence-electron chi connectivity index (χ1n) is 8.43. The number of aryl methyl sites for hydroxylation is 1. The first-order valence-corrected chi connectivity index (χ1v) is 9.62. The van der Waals surface area contributed by atoms with E-state index in [1.807, 2.05) is 0 Å². The number of carbonyl (C=O) groups is 2. The van der Waals surface area contributed by atoms with Crippen LogP contribution in [0.1, 0.15) is 64.9 Å². The number of alkyl halides is 4. The zero-order valence-corrected chi connectivity index (χ0v) is 17.4. The van der Waals surface area contributed by atoms with E-state index in [0.29, 0.717) is 10.2 Å². The van der Waals surface area contributed by atoms with Crippen molar-refractivity contribution in [3.8, 4) is 0 Å². The predicted molar refractivity (Wildman–Crippen MR) is 100 cm³/mol. The van der Waals surface area contributed by atoms with Crippen molar-refractivity contribution in [2.45, 2.75) is 46.6 Å². The maximum absolute atomic E-state index is 13.3. The highest BCUT2D eigenvalue weighted by Crippen LogP contribution is 2.37. The van der Waals surface area contributed by atoms with Crippen LogP contribution in [0.2, 0.25) is 5.02 Å². The van der Waals surface area contributed by atoms with E-state index in [4.69, 9.17) is 16.3 Å². The molecule has 29 heavy (non-hydrogen) atoms. The molecule has 6 nitrogen and oxygen atoms in total. The second-order valence-corrected chi connectivity index (χ2v) is 7.61. The van der Waals surface area contributed by atoms with Gasteiger partial charge in [0, 0.05) is 4.88 Å². The minimum absolute atomic E-state index is 0.122. The summed E-state index contributed by atoms with van der Waals surface area (Å²) in [7, 11) is 0. The third kappa shape index (κ3) is 4.55. The van der Waals surface area contributed by atoms with Gasteiger partial charge in [-0.3, -0.25) is 4.79 Å². The van der Waals surface area contributed by atoms with Gasteiger partial charge in [0.15, 0.2) is 0 Å². The van der Waals surface area contributed by atoms with Crippen LogP contribution in [0.3, 0.4) is 0 Å². The SMILES string of the molecule is CCOC(=O)c1c(NC(=O)C(C)n2nc(C(F)F)c(Cl)c2C(F)F)sc(C)c1C. The zero-order valence-electron chi connectivity index (χ0n) is 15.9. The molecular formula is C17H18ClF4N3O3S. The number of ether oxygens (including phenoxy) is 1. The van der Waals surface area contributed by atoms with Gasteiger partial charge in [0.1, 0.15) is 22.4 Å². The van der Waals surface area contributed by atoms with E-state index in [1.165, 1.54) is 6.92 Å². The molecule has 0 aliphatic heterocycles. The van der Waals surface area contributed by atoms with Crippen molar-refractivity contribution in [1.29, 1.82) is 0 Å². The van der Waals surface area contributed by atoms with Crippen molar-refractivity contribution in [2.24, 2.45) is 0 Å². The molecule has 0 bridgehead atoms. The number of amides is 1. The Morgan fingerprint density at radius 2 is 1.86 bits per heavy atom. The molecule has 2 rings (SSSR count). The zero-order chi connectivity index (χ0) is 22.0. The van der Waals surface area contributed by atoms with E-state index in [-0.39, 0.29) is 17.2 Å². The average molecular weight is 456 g/mol. The molecule has 0 saturated heterocycles. The smallest absolute Gasteiger partial charge is 0.341 e. The third-order valence-electron chi connectivity index (χ3n) is 4.17. The number of rotatable bonds is 7. The fourth-order valence-electron chi connectivity index (χ4n) is 2.57. The van der Waals surface area contributed by atoms with Gasteiger partial charge in [0.2, 0.25) is 5.91 Å². The molecule has 0 aromatic carbocycles. The highest BCUT2D eigenvalue weighted by atomic mass is 35.5. The monoisotopic (exact) mass is 455 g/mol. The lowest BCUT2D eigenvalue weighted by Crippen LogP contribution is -2.26. The summed E-state index contributed by atoms with van der Waals surface area (Å²) in [6.45, 7) is 6.36. The molecule has 0 aliphatic carbocycles. The summed E-state index contributed by atoms with van der Waals surface area (Å²) in [4.78, 5) is 25.6. The number of esters is 1. The number of nitrogens with zero attached hydrogens (tertiary/aromatic N) is 2. The number of thiophene rings is 1. The summed E-state index contributed by atoms with van der Waals surface area (Å²) in [6, 6.07) is -1.40. The van der Waals surface area contributed by atoms with Crippen molar-refractivity contribution < 1.29 is 31.9 Å². The molecule has 0 fully saturated rings. The van der Waals surface area contributed by atoms with Crippen molar-refractivity contribution >= 4 is 39.8 Å². The van der Waals surface area contributed by atoms with Crippen LogP contribution >= 0.6 is 22.9 Å². The summed E-state index contributed by atoms with van der Waals surface area (Å²) in [5.41, 5.74) is -1.26. The maximum Gasteiger partial charge on any atom is 0.341 e. The van der Waals surface area contributed by atoms with Crippen molar-refractivity contribution in [3.63, 3.8) is 0 Å². The average Bonchev–Trinajstić information content (AvgIpc) is 3.11. The molecule has 2 heterocycles. The lowest BCUT2D eigenvalue weighted by molar-refractivity contribution is -0.119. The van der Waals surface area contributed by atoms with Crippen LogP contribution in [0.25, 0.3) is 0 Å². The predicted octanol–water partition coefficient (Wildman–Crippen LogP) is 5.47. The van der Waals surface area contributed by atoms with E-state index in [9.17, 15) is 27.2 Å². The summed E-state index contributed by atoms with van der Waals surface area (Å²) in [5.74, 6) is -1.48. The van der Waals surface area contributed by atoms with Crippen LogP contribution in [-0.2, 0) is 9.53 Å². The topological polar surface area (TPSA) is 73.2 Å². The Kier molecular flexibility index (Phi) is 7.28. The molecule has 1 amide bonds. The van der Waals surface area contributed by atoms with Crippen LogP contribution < -0.4 is 5.32 Å². The second kappa shape index (κ2) is 9.12. The lowest BCUT2D eigenvalue weighted by atomic mass is 10.1. The minimum atomic E-state index is -3.22. The Morgan fingerprint density at radius 3 is 2.38 bits per heavy atom. The van der Waals surface area contributed by atoms with Crippen molar-refractivity contribution in [3.05, 3.63) is 32.4 Å². The Morgan fingerprint density at radius 1 is 1.24 bits per heavy atom. The van der Waals surface area contributed by atoms with Crippen LogP contribution in [-0.4, -0.2) is 28.3 Å². The molecule has 0 radical (unpaired) electrons. The molecule has 12 heteroatoms. The largest absolute Gasteiger partial charge is 0.462 e. The van der Waals surface area contributed by atoms with Crippen LogP contribution in [0.4, 0.5) is 22.6 Å². The molecule has 2 aromatic rings. The first-order chi connectivity index (χ1) is 13.5. The van der Waals surface area contributed by atoms with Gasteiger partial charge < -0.3 is 10.1 Å². The van der Waals surface area contributed by atoms with Gasteiger partial charge in [-0.1, -0.05) is 11.6 Å². The van der Waals surface area contributed by atoms with Gasteiger partial charge >= 0.3 is 5.97 Å². The van der Waals surface area contributed by atoms with Gasteiger partial charge in [-0.25, -0.2) is 27.0 Å². The Bertz CT molecular complexity index is 930. The molecule has 0 aliphatic rings. The molecule has 160 valence electrons. The van der Waals surface area contributed by atoms with Gasteiger partial charge in [-0.15, -0.1) is 11.3 Å². The molecule has 1 unspecified atom stereocenters. The number of anilines is 1. The number of nitrogens with one attached hydrogen (secondary N) is 1. The van der Waals surface area contributed by atoms with Crippen molar-refractivity contribution in [2.75, 3.05) is 11.9 Å². The molecule has 0 spiro atoms. The fourth-order valence-corrected chi connectivity index (χ4v) is 3.91. The second-order valence-electron chi connectivity index (χ2n) is 6.00. The first kappa shape index (κ1) is 23.1. The van der Waals surface area contributed by atoms with Gasteiger partial charge in [-0.2, -0.15) is 5.10 Å². The van der Waals surface area contributed by atoms with E-state index in [0.717, 1.165) is 16.2 Å². The van der Waals surface area contributed by atoms with E-state index in [2.05, 4.69) is 10.4 Å². The summed E-state index contributed by atoms with van der Waals surface area (Å²) < 4.78 is 58.2. The number of hydrogen-bond donors (Lipinski definition) is 1.